The van der Waals surface area contributed by atoms with Crippen molar-refractivity contribution in [3.05, 3.63) is 65.2 Å². The lowest BCUT2D eigenvalue weighted by Gasteiger charge is -2.14. The second kappa shape index (κ2) is 7.83. The second-order valence-electron chi connectivity index (χ2n) is 5.65. The number of likely N-dealkylation sites (N-methyl/N-ethyl adjacent to an activating group) is 1. The molecule has 5 heteroatoms. The van der Waals surface area contributed by atoms with Crippen molar-refractivity contribution in [1.82, 2.24) is 0 Å². The number of quaternary nitrogens is 1. The molecule has 2 aromatic rings. The van der Waals surface area contributed by atoms with Gasteiger partial charge in [-0.25, -0.2) is 8.78 Å². The molecule has 0 aliphatic rings. The fourth-order valence-electron chi connectivity index (χ4n) is 2.37. The SMILES string of the molecule is CCc1ccc(C[NH+](C)CC(=O)Nc2cc(F)ccc2F)cc1. The summed E-state index contributed by atoms with van der Waals surface area (Å²) in [7, 11) is 1.88. The quantitative estimate of drug-likeness (QED) is 0.841. The molecule has 2 rings (SSSR count). The molecular formula is C18H21F2N2O+. The van der Waals surface area contributed by atoms with Crippen LogP contribution in [0.25, 0.3) is 0 Å². The molecule has 2 aromatic carbocycles. The standard InChI is InChI=1S/C18H20F2N2O/c1-3-13-4-6-14(7-5-13)11-22(2)12-18(23)21-17-10-15(19)8-9-16(17)20/h4-10H,3,11-12H2,1-2H3,(H,21,23)/p+1. The molecule has 0 saturated carbocycles. The monoisotopic (exact) mass is 319 g/mol. The van der Waals surface area contributed by atoms with Gasteiger partial charge in [-0.2, -0.15) is 0 Å². The van der Waals surface area contributed by atoms with Gasteiger partial charge < -0.3 is 10.2 Å². The minimum atomic E-state index is -0.646. The summed E-state index contributed by atoms with van der Waals surface area (Å²) in [5, 5.41) is 2.41. The zero-order valence-electron chi connectivity index (χ0n) is 13.3. The number of rotatable bonds is 6. The number of aryl methyl sites for hydroxylation is 1. The average molecular weight is 319 g/mol. The smallest absolute Gasteiger partial charge is 0.279 e. The van der Waals surface area contributed by atoms with Gasteiger partial charge >= 0.3 is 0 Å². The van der Waals surface area contributed by atoms with Crippen LogP contribution >= 0.6 is 0 Å². The number of carbonyl (C=O) groups is 1. The van der Waals surface area contributed by atoms with Gasteiger partial charge in [-0.1, -0.05) is 31.2 Å². The van der Waals surface area contributed by atoms with E-state index >= 15 is 0 Å². The largest absolute Gasteiger partial charge is 0.326 e. The summed E-state index contributed by atoms with van der Waals surface area (Å²) in [6, 6.07) is 11.2. The molecule has 122 valence electrons. The molecule has 2 N–H and O–H groups in total. The molecule has 1 atom stereocenters. The van der Waals surface area contributed by atoms with E-state index in [1.54, 1.807) is 0 Å². The highest BCUT2D eigenvalue weighted by atomic mass is 19.1. The molecule has 0 radical (unpaired) electrons. The Balaban J connectivity index is 1.90. The van der Waals surface area contributed by atoms with Crippen molar-refractivity contribution in [2.24, 2.45) is 0 Å². The van der Waals surface area contributed by atoms with Crippen molar-refractivity contribution in [3.8, 4) is 0 Å². The van der Waals surface area contributed by atoms with Crippen molar-refractivity contribution in [1.29, 1.82) is 0 Å². The predicted molar refractivity (Wildman–Crippen MR) is 86.3 cm³/mol. The van der Waals surface area contributed by atoms with Gasteiger partial charge in [0.1, 0.15) is 18.2 Å². The topological polar surface area (TPSA) is 33.5 Å². The number of hydrogen-bond donors (Lipinski definition) is 2. The molecule has 23 heavy (non-hydrogen) atoms. The van der Waals surface area contributed by atoms with Crippen LogP contribution in [-0.4, -0.2) is 19.5 Å². The van der Waals surface area contributed by atoms with E-state index in [4.69, 9.17) is 0 Å². The first kappa shape index (κ1) is 17.1. The number of anilines is 1. The first-order valence-electron chi connectivity index (χ1n) is 7.62. The summed E-state index contributed by atoms with van der Waals surface area (Å²) in [6.07, 6.45) is 0.991. The Morgan fingerprint density at radius 2 is 1.74 bits per heavy atom. The maximum absolute atomic E-state index is 13.5. The van der Waals surface area contributed by atoms with E-state index in [-0.39, 0.29) is 18.1 Å². The molecular weight excluding hydrogens is 298 g/mol. The molecule has 3 nitrogen and oxygen atoms in total. The minimum absolute atomic E-state index is 0.130. The van der Waals surface area contributed by atoms with Gasteiger partial charge in [0.25, 0.3) is 5.91 Å². The Kier molecular flexibility index (Phi) is 5.82. The van der Waals surface area contributed by atoms with Crippen LogP contribution < -0.4 is 10.2 Å². The number of benzene rings is 2. The van der Waals surface area contributed by atoms with Crippen LogP contribution in [0, 0.1) is 11.6 Å². The summed E-state index contributed by atoms with van der Waals surface area (Å²) in [5.74, 6) is -1.58. The van der Waals surface area contributed by atoms with E-state index < -0.39 is 11.6 Å². The molecule has 1 amide bonds. The van der Waals surface area contributed by atoms with Gasteiger partial charge in [0, 0.05) is 11.6 Å². The van der Waals surface area contributed by atoms with E-state index in [2.05, 4.69) is 24.4 Å². The fourth-order valence-corrected chi connectivity index (χ4v) is 2.37. The Hall–Kier alpha value is -2.27. The van der Waals surface area contributed by atoms with Gasteiger partial charge in [-0.3, -0.25) is 4.79 Å². The number of halogens is 2. The number of nitrogens with one attached hydrogen (secondary N) is 2. The van der Waals surface area contributed by atoms with Crippen molar-refractivity contribution in [3.63, 3.8) is 0 Å². The molecule has 0 saturated heterocycles. The van der Waals surface area contributed by atoms with Gasteiger partial charge in [-0.15, -0.1) is 0 Å². The molecule has 0 heterocycles. The van der Waals surface area contributed by atoms with Crippen molar-refractivity contribution >= 4 is 11.6 Å². The summed E-state index contributed by atoms with van der Waals surface area (Å²) in [6.45, 7) is 2.96. The van der Waals surface area contributed by atoms with Crippen LogP contribution in [0.15, 0.2) is 42.5 Å². The molecule has 0 spiro atoms. The molecule has 1 unspecified atom stereocenters. The first-order valence-corrected chi connectivity index (χ1v) is 7.62. The maximum Gasteiger partial charge on any atom is 0.279 e. The van der Waals surface area contributed by atoms with E-state index in [1.807, 2.05) is 19.2 Å². The summed E-state index contributed by atoms with van der Waals surface area (Å²) < 4.78 is 26.6. The van der Waals surface area contributed by atoms with Crippen LogP contribution in [-0.2, 0) is 17.8 Å². The molecule has 0 fully saturated rings. The van der Waals surface area contributed by atoms with E-state index in [0.717, 1.165) is 35.1 Å². The summed E-state index contributed by atoms with van der Waals surface area (Å²) >= 11 is 0. The van der Waals surface area contributed by atoms with Gasteiger partial charge in [0.05, 0.1) is 12.7 Å². The van der Waals surface area contributed by atoms with Crippen LogP contribution in [0.5, 0.6) is 0 Å². The lowest BCUT2D eigenvalue weighted by atomic mass is 10.1. The number of carbonyl (C=O) groups excluding carboxylic acids is 1. The van der Waals surface area contributed by atoms with Crippen molar-refractivity contribution in [2.45, 2.75) is 19.9 Å². The van der Waals surface area contributed by atoms with Crippen LogP contribution in [0.4, 0.5) is 14.5 Å². The molecule has 0 aliphatic heterocycles. The molecule has 0 bridgehead atoms. The van der Waals surface area contributed by atoms with Crippen LogP contribution in [0.1, 0.15) is 18.1 Å². The van der Waals surface area contributed by atoms with E-state index in [1.165, 1.54) is 5.56 Å². The normalized spacial score (nSPS) is 12.0. The Morgan fingerprint density at radius 3 is 2.39 bits per heavy atom. The number of hydrogen-bond acceptors (Lipinski definition) is 1. The molecule has 0 aromatic heterocycles. The van der Waals surface area contributed by atoms with E-state index in [0.29, 0.717) is 6.54 Å². The lowest BCUT2D eigenvalue weighted by Crippen LogP contribution is -3.08. The summed E-state index contributed by atoms with van der Waals surface area (Å²) in [5.41, 5.74) is 2.27. The van der Waals surface area contributed by atoms with Gasteiger partial charge in [0.15, 0.2) is 6.54 Å². The first-order chi connectivity index (χ1) is 11.0. The Morgan fingerprint density at radius 1 is 1.09 bits per heavy atom. The summed E-state index contributed by atoms with van der Waals surface area (Å²) in [4.78, 5) is 12.9. The fraction of sp³-hybridized carbons (Fsp3) is 0.278. The third-order valence-corrected chi connectivity index (χ3v) is 3.60. The third-order valence-electron chi connectivity index (χ3n) is 3.60. The second-order valence-corrected chi connectivity index (χ2v) is 5.65. The third kappa shape index (κ3) is 5.14. The maximum atomic E-state index is 13.5. The Bertz CT molecular complexity index is 671. The van der Waals surface area contributed by atoms with Crippen molar-refractivity contribution < 1.29 is 18.5 Å². The zero-order chi connectivity index (χ0) is 16.8. The highest BCUT2D eigenvalue weighted by Crippen LogP contribution is 2.14. The van der Waals surface area contributed by atoms with Crippen LogP contribution in [0.2, 0.25) is 0 Å². The Labute approximate surface area is 134 Å². The van der Waals surface area contributed by atoms with E-state index in [9.17, 15) is 13.6 Å². The van der Waals surface area contributed by atoms with Gasteiger partial charge in [-0.05, 0) is 24.1 Å². The number of amides is 1. The zero-order valence-corrected chi connectivity index (χ0v) is 13.3. The van der Waals surface area contributed by atoms with Crippen LogP contribution in [0.3, 0.4) is 0 Å². The van der Waals surface area contributed by atoms with Crippen molar-refractivity contribution in [2.75, 3.05) is 18.9 Å². The lowest BCUT2D eigenvalue weighted by molar-refractivity contribution is -0.885. The highest BCUT2D eigenvalue weighted by molar-refractivity contribution is 5.91. The average Bonchev–Trinajstić information content (AvgIpc) is 2.51. The van der Waals surface area contributed by atoms with Gasteiger partial charge in [0.2, 0.25) is 0 Å². The minimum Gasteiger partial charge on any atom is -0.326 e. The predicted octanol–water partition coefficient (Wildman–Crippen LogP) is 2.18. The molecule has 0 aliphatic carbocycles. The highest BCUT2D eigenvalue weighted by Gasteiger charge is 2.13.